The standard InChI is InChI=1S/C14H20N2O/c1-8-9(2)13-11(10(3)12(8)16-17)6-7-14(4,5)15-13/h15H,6-7H2,1-5H3. The second kappa shape index (κ2) is 3.83. The molecule has 92 valence electrons. The van der Waals surface area contributed by atoms with Gasteiger partial charge in [0, 0.05) is 11.2 Å². The van der Waals surface area contributed by atoms with Crippen LogP contribution in [0.3, 0.4) is 0 Å². The summed E-state index contributed by atoms with van der Waals surface area (Å²) in [6.07, 6.45) is 2.10. The number of rotatable bonds is 1. The number of nitrogens with one attached hydrogen (secondary N) is 1. The van der Waals surface area contributed by atoms with Gasteiger partial charge in [-0.2, -0.15) is 0 Å². The van der Waals surface area contributed by atoms with Crippen LogP contribution in [0.5, 0.6) is 0 Å². The van der Waals surface area contributed by atoms with E-state index in [-0.39, 0.29) is 5.54 Å². The van der Waals surface area contributed by atoms with Gasteiger partial charge in [-0.15, -0.1) is 4.91 Å². The third-order valence-electron chi connectivity index (χ3n) is 3.96. The van der Waals surface area contributed by atoms with E-state index in [0.717, 1.165) is 29.5 Å². The molecule has 1 N–H and O–H groups in total. The maximum Gasteiger partial charge on any atom is 0.114 e. The van der Waals surface area contributed by atoms with E-state index in [1.807, 2.05) is 13.8 Å². The minimum atomic E-state index is 0.132. The van der Waals surface area contributed by atoms with Gasteiger partial charge in [0.05, 0.1) is 0 Å². The average molecular weight is 232 g/mol. The lowest BCUT2D eigenvalue weighted by molar-refractivity contribution is 0.500. The smallest absolute Gasteiger partial charge is 0.114 e. The first-order valence-corrected chi connectivity index (χ1v) is 6.11. The van der Waals surface area contributed by atoms with Crippen molar-refractivity contribution in [2.45, 2.75) is 53.0 Å². The number of hydrogen-bond donors (Lipinski definition) is 1. The largest absolute Gasteiger partial charge is 0.380 e. The Balaban J connectivity index is 2.68. The van der Waals surface area contributed by atoms with Gasteiger partial charge >= 0.3 is 0 Å². The summed E-state index contributed by atoms with van der Waals surface area (Å²) in [5.74, 6) is 0. The molecule has 0 fully saturated rings. The Labute approximate surface area is 103 Å². The summed E-state index contributed by atoms with van der Waals surface area (Å²) < 4.78 is 0. The number of hydrogen-bond acceptors (Lipinski definition) is 3. The summed E-state index contributed by atoms with van der Waals surface area (Å²) in [6, 6.07) is 0. The second-order valence-electron chi connectivity index (χ2n) is 5.68. The molecule has 1 aromatic rings. The van der Waals surface area contributed by atoms with Gasteiger partial charge in [-0.3, -0.25) is 0 Å². The second-order valence-corrected chi connectivity index (χ2v) is 5.68. The van der Waals surface area contributed by atoms with Gasteiger partial charge in [0.25, 0.3) is 0 Å². The first-order valence-electron chi connectivity index (χ1n) is 6.11. The topological polar surface area (TPSA) is 41.5 Å². The monoisotopic (exact) mass is 232 g/mol. The van der Waals surface area contributed by atoms with E-state index < -0.39 is 0 Å². The molecule has 0 aromatic heterocycles. The van der Waals surface area contributed by atoms with E-state index in [1.54, 1.807) is 0 Å². The Hall–Kier alpha value is -1.38. The Bertz CT molecular complexity index is 490. The van der Waals surface area contributed by atoms with Crippen LogP contribution >= 0.6 is 0 Å². The first-order chi connectivity index (χ1) is 7.87. The van der Waals surface area contributed by atoms with E-state index >= 15 is 0 Å². The van der Waals surface area contributed by atoms with Crippen LogP contribution < -0.4 is 5.32 Å². The van der Waals surface area contributed by atoms with Crippen molar-refractivity contribution in [3.63, 3.8) is 0 Å². The van der Waals surface area contributed by atoms with Crippen molar-refractivity contribution in [3.8, 4) is 0 Å². The molecular formula is C14H20N2O. The molecule has 1 aliphatic heterocycles. The van der Waals surface area contributed by atoms with Crippen molar-refractivity contribution >= 4 is 11.4 Å². The number of fused-ring (bicyclic) bond motifs is 1. The van der Waals surface area contributed by atoms with Gasteiger partial charge in [0.15, 0.2) is 0 Å². The van der Waals surface area contributed by atoms with E-state index in [2.05, 4.69) is 31.3 Å². The van der Waals surface area contributed by atoms with Crippen LogP contribution in [0.2, 0.25) is 0 Å². The van der Waals surface area contributed by atoms with Gasteiger partial charge in [-0.05, 0) is 74.9 Å². The summed E-state index contributed by atoms with van der Waals surface area (Å²) in [7, 11) is 0. The fourth-order valence-electron chi connectivity index (χ4n) is 2.66. The zero-order valence-corrected chi connectivity index (χ0v) is 11.3. The quantitative estimate of drug-likeness (QED) is 0.739. The molecule has 3 heteroatoms. The number of nitroso groups, excluding NO2 is 1. The Morgan fingerprint density at radius 1 is 1.12 bits per heavy atom. The lowest BCUT2D eigenvalue weighted by Gasteiger charge is -2.36. The van der Waals surface area contributed by atoms with Crippen LogP contribution in [-0.2, 0) is 6.42 Å². The predicted octanol–water partition coefficient (Wildman–Crippen LogP) is 4.15. The van der Waals surface area contributed by atoms with Crippen LogP contribution in [-0.4, -0.2) is 5.54 Å². The normalized spacial score (nSPS) is 17.2. The Morgan fingerprint density at radius 2 is 1.76 bits per heavy atom. The molecule has 0 saturated carbocycles. The van der Waals surface area contributed by atoms with Gasteiger partial charge in [-0.25, -0.2) is 0 Å². The first kappa shape index (κ1) is 12.1. The molecule has 2 rings (SSSR count). The highest BCUT2D eigenvalue weighted by Gasteiger charge is 2.28. The minimum absolute atomic E-state index is 0.132. The minimum Gasteiger partial charge on any atom is -0.380 e. The van der Waals surface area contributed by atoms with Crippen LogP contribution in [0.4, 0.5) is 11.4 Å². The van der Waals surface area contributed by atoms with Crippen molar-refractivity contribution in [1.82, 2.24) is 0 Å². The zero-order chi connectivity index (χ0) is 12.8. The SMILES string of the molecule is Cc1c(C)c2c(c(C)c1N=O)CCC(C)(C)N2. The highest BCUT2D eigenvalue weighted by Crippen LogP contribution is 2.41. The molecule has 1 heterocycles. The molecule has 0 aliphatic carbocycles. The molecule has 0 bridgehead atoms. The fourth-order valence-corrected chi connectivity index (χ4v) is 2.66. The summed E-state index contributed by atoms with van der Waals surface area (Å²) >= 11 is 0. The fraction of sp³-hybridized carbons (Fsp3) is 0.571. The number of nitrogens with zero attached hydrogens (tertiary/aromatic N) is 1. The van der Waals surface area contributed by atoms with Crippen molar-refractivity contribution in [3.05, 3.63) is 27.2 Å². The van der Waals surface area contributed by atoms with Crippen LogP contribution in [0.1, 0.15) is 42.5 Å². The molecule has 0 spiro atoms. The summed E-state index contributed by atoms with van der Waals surface area (Å²) in [6.45, 7) is 10.5. The zero-order valence-electron chi connectivity index (χ0n) is 11.3. The van der Waals surface area contributed by atoms with Crippen molar-refractivity contribution < 1.29 is 0 Å². The molecular weight excluding hydrogens is 212 g/mol. The van der Waals surface area contributed by atoms with Crippen LogP contribution in [0, 0.1) is 25.7 Å². The van der Waals surface area contributed by atoms with Gasteiger partial charge in [0.1, 0.15) is 5.69 Å². The lowest BCUT2D eigenvalue weighted by atomic mass is 9.84. The third kappa shape index (κ3) is 1.84. The maximum atomic E-state index is 10.9. The summed E-state index contributed by atoms with van der Waals surface area (Å²) in [5, 5.41) is 6.79. The van der Waals surface area contributed by atoms with E-state index in [4.69, 9.17) is 0 Å². The molecule has 0 atom stereocenters. The van der Waals surface area contributed by atoms with Crippen molar-refractivity contribution in [1.29, 1.82) is 0 Å². The molecule has 0 amide bonds. The molecule has 1 aliphatic rings. The van der Waals surface area contributed by atoms with Gasteiger partial charge in [0.2, 0.25) is 0 Å². The third-order valence-corrected chi connectivity index (χ3v) is 3.96. The molecule has 0 radical (unpaired) electrons. The Kier molecular flexibility index (Phi) is 2.72. The van der Waals surface area contributed by atoms with E-state index in [9.17, 15) is 4.91 Å². The molecule has 3 nitrogen and oxygen atoms in total. The highest BCUT2D eigenvalue weighted by molar-refractivity contribution is 5.73. The molecule has 17 heavy (non-hydrogen) atoms. The number of benzene rings is 1. The van der Waals surface area contributed by atoms with Crippen LogP contribution in [0.15, 0.2) is 5.18 Å². The van der Waals surface area contributed by atoms with Crippen molar-refractivity contribution in [2.24, 2.45) is 5.18 Å². The lowest BCUT2D eigenvalue weighted by Crippen LogP contribution is -2.36. The highest BCUT2D eigenvalue weighted by atomic mass is 16.3. The van der Waals surface area contributed by atoms with Gasteiger partial charge in [-0.1, -0.05) is 0 Å². The van der Waals surface area contributed by atoms with Crippen molar-refractivity contribution in [2.75, 3.05) is 5.32 Å². The Morgan fingerprint density at radius 3 is 2.35 bits per heavy atom. The average Bonchev–Trinajstić information content (AvgIpc) is 2.26. The summed E-state index contributed by atoms with van der Waals surface area (Å²) in [5.41, 5.74) is 6.44. The van der Waals surface area contributed by atoms with E-state index in [0.29, 0.717) is 5.69 Å². The predicted molar refractivity (Wildman–Crippen MR) is 72.1 cm³/mol. The summed E-state index contributed by atoms with van der Waals surface area (Å²) in [4.78, 5) is 10.9. The maximum absolute atomic E-state index is 10.9. The van der Waals surface area contributed by atoms with Crippen LogP contribution in [0.25, 0.3) is 0 Å². The molecule has 1 aromatic carbocycles. The number of anilines is 1. The van der Waals surface area contributed by atoms with Gasteiger partial charge < -0.3 is 5.32 Å². The molecule has 0 unspecified atom stereocenters. The molecule has 0 saturated heterocycles. The van der Waals surface area contributed by atoms with E-state index in [1.165, 1.54) is 11.3 Å².